The molecular formula is C28H27F3N4O2. The Bertz CT molecular complexity index is 1360. The van der Waals surface area contributed by atoms with Crippen LogP contribution in [0.15, 0.2) is 66.9 Å². The molecule has 192 valence electrons. The molecule has 1 atom stereocenters. The van der Waals surface area contributed by atoms with Crippen molar-refractivity contribution in [1.82, 2.24) is 20.3 Å². The number of aryl methyl sites for hydroxylation is 1. The molecule has 0 amide bonds. The van der Waals surface area contributed by atoms with Gasteiger partial charge >= 0.3 is 12.1 Å². The largest absolute Gasteiger partial charge is 0.481 e. The number of unbranched alkanes of at least 4 members (excludes halogenated alkanes) is 1. The standard InChI is InChI=1S/C28H27F3N4O2/c1-18(22-6-4-5-15-32-22)33-17-19-9-14-23-25(16-19)34-24(7-2-3-8-26(36)37)27(35-23)20-10-12-21(13-11-20)28(29,30)31/h4-6,9-16,18,33H,2-3,7-8,17H2,1H3,(H,36,37)/t18-/m1/s1. The number of hydrogen-bond acceptors (Lipinski definition) is 5. The van der Waals surface area contributed by atoms with Crippen molar-refractivity contribution in [1.29, 1.82) is 0 Å². The van der Waals surface area contributed by atoms with Gasteiger partial charge in [0.25, 0.3) is 0 Å². The number of carboxylic acids is 1. The van der Waals surface area contributed by atoms with E-state index in [-0.39, 0.29) is 12.5 Å². The molecule has 0 spiro atoms. The van der Waals surface area contributed by atoms with Crippen molar-refractivity contribution in [2.24, 2.45) is 0 Å². The van der Waals surface area contributed by atoms with Gasteiger partial charge in [-0.05, 0) is 68.1 Å². The van der Waals surface area contributed by atoms with Gasteiger partial charge in [-0.1, -0.05) is 24.3 Å². The highest BCUT2D eigenvalue weighted by Gasteiger charge is 2.30. The monoisotopic (exact) mass is 508 g/mol. The highest BCUT2D eigenvalue weighted by atomic mass is 19.4. The van der Waals surface area contributed by atoms with E-state index in [2.05, 4.69) is 10.3 Å². The summed E-state index contributed by atoms with van der Waals surface area (Å²) in [6.45, 7) is 2.62. The van der Waals surface area contributed by atoms with Crippen molar-refractivity contribution in [2.45, 2.75) is 51.4 Å². The maximum absolute atomic E-state index is 13.0. The summed E-state index contributed by atoms with van der Waals surface area (Å²) < 4.78 is 39.1. The smallest absolute Gasteiger partial charge is 0.416 e. The Morgan fingerprint density at radius 3 is 2.46 bits per heavy atom. The van der Waals surface area contributed by atoms with Crippen LogP contribution in [0, 0.1) is 0 Å². The highest BCUT2D eigenvalue weighted by molar-refractivity contribution is 5.79. The summed E-state index contributed by atoms with van der Waals surface area (Å²) in [5.74, 6) is -0.871. The van der Waals surface area contributed by atoms with Crippen LogP contribution in [0.3, 0.4) is 0 Å². The van der Waals surface area contributed by atoms with Crippen LogP contribution in [0.2, 0.25) is 0 Å². The van der Waals surface area contributed by atoms with E-state index in [4.69, 9.17) is 15.1 Å². The van der Waals surface area contributed by atoms with E-state index in [0.717, 1.165) is 23.4 Å². The third kappa shape index (κ3) is 6.89. The molecule has 0 unspecified atom stereocenters. The first-order valence-corrected chi connectivity index (χ1v) is 12.0. The fourth-order valence-corrected chi connectivity index (χ4v) is 4.05. The topological polar surface area (TPSA) is 88.0 Å². The molecule has 2 aromatic heterocycles. The Kier molecular flexibility index (Phi) is 8.13. The molecular weight excluding hydrogens is 481 g/mol. The van der Waals surface area contributed by atoms with Gasteiger partial charge in [0.2, 0.25) is 0 Å². The van der Waals surface area contributed by atoms with Gasteiger partial charge in [0, 0.05) is 30.8 Å². The van der Waals surface area contributed by atoms with E-state index in [1.165, 1.54) is 12.1 Å². The van der Waals surface area contributed by atoms with Gasteiger partial charge in [-0.2, -0.15) is 13.2 Å². The molecule has 0 radical (unpaired) electrons. The highest BCUT2D eigenvalue weighted by Crippen LogP contribution is 2.32. The number of nitrogens with zero attached hydrogens (tertiary/aromatic N) is 3. The van der Waals surface area contributed by atoms with Crippen molar-refractivity contribution < 1.29 is 23.1 Å². The van der Waals surface area contributed by atoms with Crippen molar-refractivity contribution in [2.75, 3.05) is 0 Å². The summed E-state index contributed by atoms with van der Waals surface area (Å²) >= 11 is 0. The van der Waals surface area contributed by atoms with Crippen LogP contribution >= 0.6 is 0 Å². The molecule has 0 aliphatic heterocycles. The minimum Gasteiger partial charge on any atom is -0.481 e. The molecule has 0 saturated carbocycles. The predicted octanol–water partition coefficient (Wildman–Crippen LogP) is 6.36. The number of nitrogens with one attached hydrogen (secondary N) is 1. The zero-order chi connectivity index (χ0) is 26.4. The summed E-state index contributed by atoms with van der Waals surface area (Å²) in [7, 11) is 0. The van der Waals surface area contributed by atoms with Crippen LogP contribution in [-0.4, -0.2) is 26.0 Å². The molecule has 2 heterocycles. The molecule has 9 heteroatoms. The van der Waals surface area contributed by atoms with Crippen LogP contribution in [0.4, 0.5) is 13.2 Å². The lowest BCUT2D eigenvalue weighted by Crippen LogP contribution is -2.19. The molecule has 0 aliphatic rings. The molecule has 0 saturated heterocycles. The fourth-order valence-electron chi connectivity index (χ4n) is 4.05. The third-order valence-corrected chi connectivity index (χ3v) is 6.08. The van der Waals surface area contributed by atoms with Gasteiger partial charge in [0.05, 0.1) is 33.7 Å². The second kappa shape index (κ2) is 11.5. The molecule has 6 nitrogen and oxygen atoms in total. The second-order valence-corrected chi connectivity index (χ2v) is 8.88. The van der Waals surface area contributed by atoms with E-state index in [1.54, 1.807) is 6.20 Å². The van der Waals surface area contributed by atoms with Crippen LogP contribution in [0.25, 0.3) is 22.3 Å². The Morgan fingerprint density at radius 1 is 1.00 bits per heavy atom. The first-order valence-electron chi connectivity index (χ1n) is 12.0. The van der Waals surface area contributed by atoms with Gasteiger partial charge in [0.1, 0.15) is 0 Å². The molecule has 0 fully saturated rings. The minimum atomic E-state index is -4.42. The maximum atomic E-state index is 13.0. The molecule has 4 aromatic rings. The van der Waals surface area contributed by atoms with Crippen molar-refractivity contribution >= 4 is 17.0 Å². The van der Waals surface area contributed by atoms with Crippen molar-refractivity contribution in [3.8, 4) is 11.3 Å². The number of aromatic nitrogens is 3. The van der Waals surface area contributed by atoms with E-state index < -0.39 is 17.7 Å². The summed E-state index contributed by atoms with van der Waals surface area (Å²) in [5, 5.41) is 12.4. The summed E-state index contributed by atoms with van der Waals surface area (Å²) in [4.78, 5) is 24.8. The van der Waals surface area contributed by atoms with Gasteiger partial charge in [-0.3, -0.25) is 9.78 Å². The molecule has 37 heavy (non-hydrogen) atoms. The Morgan fingerprint density at radius 2 is 1.78 bits per heavy atom. The molecule has 0 bridgehead atoms. The first-order chi connectivity index (χ1) is 17.7. The van der Waals surface area contributed by atoms with E-state index >= 15 is 0 Å². The SMILES string of the molecule is C[C@@H](NCc1ccc2nc(-c3ccc(C(F)(F)F)cc3)c(CCCCC(=O)O)nc2c1)c1ccccn1. The lowest BCUT2D eigenvalue weighted by molar-refractivity contribution is -0.138. The summed E-state index contributed by atoms with van der Waals surface area (Å²) in [6, 6.07) is 16.4. The van der Waals surface area contributed by atoms with E-state index in [0.29, 0.717) is 53.8 Å². The molecule has 2 aromatic carbocycles. The van der Waals surface area contributed by atoms with Crippen LogP contribution in [0.5, 0.6) is 0 Å². The van der Waals surface area contributed by atoms with Crippen molar-refractivity contribution in [3.05, 3.63) is 89.4 Å². The number of alkyl halides is 3. The minimum absolute atomic E-state index is 0.0426. The van der Waals surface area contributed by atoms with Gasteiger partial charge in [-0.25, -0.2) is 9.97 Å². The number of benzene rings is 2. The zero-order valence-electron chi connectivity index (χ0n) is 20.3. The lowest BCUT2D eigenvalue weighted by Gasteiger charge is -2.14. The normalized spacial score (nSPS) is 12.5. The molecule has 4 rings (SSSR count). The maximum Gasteiger partial charge on any atom is 0.416 e. The third-order valence-electron chi connectivity index (χ3n) is 6.08. The average Bonchev–Trinajstić information content (AvgIpc) is 2.89. The Balaban J connectivity index is 1.61. The first kappa shape index (κ1) is 26.2. The number of carboxylic acid groups (broad SMARTS) is 1. The Labute approximate surface area is 212 Å². The van der Waals surface area contributed by atoms with Crippen LogP contribution in [0.1, 0.15) is 54.7 Å². The van der Waals surface area contributed by atoms with Crippen LogP contribution < -0.4 is 5.32 Å². The number of aliphatic carboxylic acids is 1. The zero-order valence-corrected chi connectivity index (χ0v) is 20.3. The molecule has 2 N–H and O–H groups in total. The fraction of sp³-hybridized carbons (Fsp3) is 0.286. The number of carbonyl (C=O) groups is 1. The quantitative estimate of drug-likeness (QED) is 0.243. The average molecular weight is 509 g/mol. The number of halogens is 3. The second-order valence-electron chi connectivity index (χ2n) is 8.88. The van der Waals surface area contributed by atoms with Gasteiger partial charge < -0.3 is 10.4 Å². The number of rotatable bonds is 10. The Hall–Kier alpha value is -3.85. The summed E-state index contributed by atoms with van der Waals surface area (Å²) in [5.41, 5.74) is 4.18. The lowest BCUT2D eigenvalue weighted by atomic mass is 10.0. The van der Waals surface area contributed by atoms with E-state index in [1.807, 2.05) is 43.3 Å². The number of pyridine rings is 1. The van der Waals surface area contributed by atoms with Gasteiger partial charge in [0.15, 0.2) is 0 Å². The molecule has 0 aliphatic carbocycles. The predicted molar refractivity (Wildman–Crippen MR) is 135 cm³/mol. The van der Waals surface area contributed by atoms with Crippen LogP contribution in [-0.2, 0) is 23.9 Å². The number of fused-ring (bicyclic) bond motifs is 1. The number of hydrogen-bond donors (Lipinski definition) is 2. The van der Waals surface area contributed by atoms with E-state index in [9.17, 15) is 18.0 Å². The van der Waals surface area contributed by atoms with Gasteiger partial charge in [-0.15, -0.1) is 0 Å². The summed E-state index contributed by atoms with van der Waals surface area (Å²) in [6.07, 6.45) is -1.12. The van der Waals surface area contributed by atoms with Crippen molar-refractivity contribution in [3.63, 3.8) is 0 Å².